The maximum absolute atomic E-state index is 11.3. The van der Waals surface area contributed by atoms with Crippen LogP contribution in [0.25, 0.3) is 0 Å². The molecule has 2 atom stereocenters. The largest absolute Gasteiger partial charge is 0.468 e. The molecule has 0 bridgehead atoms. The van der Waals surface area contributed by atoms with Crippen molar-refractivity contribution in [2.75, 3.05) is 7.11 Å². The molecule has 0 aromatic heterocycles. The Bertz CT molecular complexity index is 409. The summed E-state index contributed by atoms with van der Waals surface area (Å²) in [7, 11) is 1.39. The Labute approximate surface area is 118 Å². The summed E-state index contributed by atoms with van der Waals surface area (Å²) in [6.07, 6.45) is 0. The third kappa shape index (κ3) is 4.08. The number of rotatable bonds is 4. The topological polar surface area (TPSA) is 38.3 Å². The molecule has 0 saturated carbocycles. The van der Waals surface area contributed by atoms with Crippen LogP contribution in [0.5, 0.6) is 0 Å². The van der Waals surface area contributed by atoms with Gasteiger partial charge in [-0.1, -0.05) is 37.9 Å². The first kappa shape index (κ1) is 14.7. The van der Waals surface area contributed by atoms with Crippen molar-refractivity contribution in [2.45, 2.75) is 25.9 Å². The van der Waals surface area contributed by atoms with E-state index in [4.69, 9.17) is 0 Å². The zero-order valence-corrected chi connectivity index (χ0v) is 13.1. The molecule has 0 amide bonds. The number of hydrogen-bond donors (Lipinski definition) is 1. The van der Waals surface area contributed by atoms with Crippen molar-refractivity contribution >= 4 is 37.8 Å². The summed E-state index contributed by atoms with van der Waals surface area (Å²) in [5.41, 5.74) is 1.10. The zero-order valence-electron chi connectivity index (χ0n) is 9.96. The van der Waals surface area contributed by atoms with Crippen molar-refractivity contribution in [2.24, 2.45) is 0 Å². The van der Waals surface area contributed by atoms with Crippen molar-refractivity contribution in [3.05, 3.63) is 32.7 Å². The first-order valence-corrected chi connectivity index (χ1v) is 6.83. The van der Waals surface area contributed by atoms with E-state index in [1.807, 2.05) is 25.1 Å². The first-order valence-electron chi connectivity index (χ1n) is 5.24. The summed E-state index contributed by atoms with van der Waals surface area (Å²) in [5.74, 6) is -0.259. The molecule has 3 nitrogen and oxygen atoms in total. The van der Waals surface area contributed by atoms with E-state index in [9.17, 15) is 4.79 Å². The lowest BCUT2D eigenvalue weighted by atomic mass is 10.1. The number of nitrogens with one attached hydrogen (secondary N) is 1. The fourth-order valence-electron chi connectivity index (χ4n) is 1.56. The van der Waals surface area contributed by atoms with Gasteiger partial charge in [0.25, 0.3) is 0 Å². The van der Waals surface area contributed by atoms with Gasteiger partial charge in [-0.15, -0.1) is 0 Å². The Morgan fingerprint density at radius 1 is 1.35 bits per heavy atom. The van der Waals surface area contributed by atoms with Crippen LogP contribution in [-0.2, 0) is 9.53 Å². The molecule has 0 saturated heterocycles. The monoisotopic (exact) mass is 363 g/mol. The molecule has 0 heterocycles. The van der Waals surface area contributed by atoms with Gasteiger partial charge >= 0.3 is 5.97 Å². The zero-order chi connectivity index (χ0) is 13.0. The van der Waals surface area contributed by atoms with Crippen molar-refractivity contribution in [3.63, 3.8) is 0 Å². The lowest BCUT2D eigenvalue weighted by Crippen LogP contribution is -2.36. The highest BCUT2D eigenvalue weighted by atomic mass is 79.9. The van der Waals surface area contributed by atoms with Crippen molar-refractivity contribution in [1.29, 1.82) is 0 Å². The molecule has 0 radical (unpaired) electrons. The highest BCUT2D eigenvalue weighted by Crippen LogP contribution is 2.26. The summed E-state index contributed by atoms with van der Waals surface area (Å²) in [4.78, 5) is 11.3. The van der Waals surface area contributed by atoms with Crippen LogP contribution in [0.4, 0.5) is 0 Å². The van der Waals surface area contributed by atoms with E-state index in [0.29, 0.717) is 0 Å². The number of carbonyl (C=O) groups excluding carboxylic acids is 1. The molecule has 1 aromatic rings. The number of carbonyl (C=O) groups is 1. The molecule has 0 aliphatic heterocycles. The molecule has 0 spiro atoms. The van der Waals surface area contributed by atoms with Gasteiger partial charge in [0, 0.05) is 15.0 Å². The second kappa shape index (κ2) is 6.52. The molecule has 5 heteroatoms. The lowest BCUT2D eigenvalue weighted by Gasteiger charge is -2.19. The summed E-state index contributed by atoms with van der Waals surface area (Å²) >= 11 is 6.91. The van der Waals surface area contributed by atoms with Crippen LogP contribution in [0, 0.1) is 0 Å². The Hall–Kier alpha value is -0.390. The number of esters is 1. The molecule has 1 unspecified atom stereocenters. The Balaban J connectivity index is 2.76. The number of benzene rings is 1. The predicted octanol–water partition coefficient (Wildman–Crippen LogP) is 3.42. The third-order valence-electron chi connectivity index (χ3n) is 2.48. The highest BCUT2D eigenvalue weighted by molar-refractivity contribution is 9.11. The molecule has 0 aliphatic rings. The maximum atomic E-state index is 11.3. The molecule has 1 aromatic carbocycles. The molecular formula is C12H15Br2NO2. The van der Waals surface area contributed by atoms with E-state index >= 15 is 0 Å². The number of methoxy groups -OCH3 is 1. The highest BCUT2D eigenvalue weighted by Gasteiger charge is 2.17. The van der Waals surface area contributed by atoms with Crippen molar-refractivity contribution < 1.29 is 9.53 Å². The summed E-state index contributed by atoms with van der Waals surface area (Å²) in [5, 5.41) is 3.19. The van der Waals surface area contributed by atoms with Crippen LogP contribution in [0.1, 0.15) is 25.5 Å². The predicted molar refractivity (Wildman–Crippen MR) is 74.9 cm³/mol. The number of ether oxygens (including phenoxy) is 1. The van der Waals surface area contributed by atoms with Crippen molar-refractivity contribution in [3.8, 4) is 0 Å². The Morgan fingerprint density at radius 3 is 2.53 bits per heavy atom. The molecular weight excluding hydrogens is 350 g/mol. The van der Waals surface area contributed by atoms with E-state index in [2.05, 4.69) is 41.9 Å². The van der Waals surface area contributed by atoms with E-state index in [0.717, 1.165) is 14.5 Å². The fourth-order valence-corrected chi connectivity index (χ4v) is 2.95. The second-order valence-corrected chi connectivity index (χ2v) is 5.57. The van der Waals surface area contributed by atoms with Crippen LogP contribution < -0.4 is 5.32 Å². The first-order chi connectivity index (χ1) is 7.95. The number of halogens is 2. The average molecular weight is 365 g/mol. The Morgan fingerprint density at radius 2 is 2.00 bits per heavy atom. The normalized spacial score (nSPS) is 14.2. The van der Waals surface area contributed by atoms with Gasteiger partial charge in [0.05, 0.1) is 7.11 Å². The van der Waals surface area contributed by atoms with Gasteiger partial charge in [-0.25, -0.2) is 0 Å². The summed E-state index contributed by atoms with van der Waals surface area (Å²) in [6, 6.07) is 5.70. The summed E-state index contributed by atoms with van der Waals surface area (Å²) in [6.45, 7) is 3.79. The van der Waals surface area contributed by atoms with Gasteiger partial charge in [0.2, 0.25) is 0 Å². The van der Waals surface area contributed by atoms with Gasteiger partial charge in [-0.3, -0.25) is 10.1 Å². The Kier molecular flexibility index (Phi) is 5.62. The van der Waals surface area contributed by atoms with Gasteiger partial charge in [-0.05, 0) is 31.5 Å². The second-order valence-electron chi connectivity index (χ2n) is 3.80. The molecule has 1 rings (SSSR count). The quantitative estimate of drug-likeness (QED) is 0.832. The van der Waals surface area contributed by atoms with Gasteiger partial charge in [0.15, 0.2) is 0 Å². The van der Waals surface area contributed by atoms with Gasteiger partial charge in [0.1, 0.15) is 6.04 Å². The third-order valence-corrected chi connectivity index (χ3v) is 3.66. The molecule has 94 valence electrons. The van der Waals surface area contributed by atoms with Crippen LogP contribution >= 0.6 is 31.9 Å². The van der Waals surface area contributed by atoms with E-state index in [-0.39, 0.29) is 18.1 Å². The smallest absolute Gasteiger partial charge is 0.322 e. The van der Waals surface area contributed by atoms with Gasteiger partial charge < -0.3 is 4.74 Å². The minimum Gasteiger partial charge on any atom is -0.468 e. The SMILES string of the molecule is COC(=O)[C@H](C)NC(C)c1ccc(Br)cc1Br. The molecule has 0 fully saturated rings. The van der Waals surface area contributed by atoms with Crippen LogP contribution in [0.3, 0.4) is 0 Å². The number of hydrogen-bond acceptors (Lipinski definition) is 3. The van der Waals surface area contributed by atoms with Crippen LogP contribution in [0.15, 0.2) is 27.1 Å². The average Bonchev–Trinajstić information content (AvgIpc) is 2.27. The summed E-state index contributed by atoms with van der Waals surface area (Å²) < 4.78 is 6.70. The van der Waals surface area contributed by atoms with Gasteiger partial charge in [-0.2, -0.15) is 0 Å². The minimum atomic E-state index is -0.328. The molecule has 0 aliphatic carbocycles. The minimum absolute atomic E-state index is 0.0616. The lowest BCUT2D eigenvalue weighted by molar-refractivity contribution is -0.142. The van der Waals surface area contributed by atoms with E-state index in [1.165, 1.54) is 7.11 Å². The molecule has 17 heavy (non-hydrogen) atoms. The molecule has 1 N–H and O–H groups in total. The van der Waals surface area contributed by atoms with E-state index < -0.39 is 0 Å². The fraction of sp³-hybridized carbons (Fsp3) is 0.417. The maximum Gasteiger partial charge on any atom is 0.322 e. The van der Waals surface area contributed by atoms with Crippen molar-refractivity contribution in [1.82, 2.24) is 5.32 Å². The van der Waals surface area contributed by atoms with Crippen LogP contribution in [0.2, 0.25) is 0 Å². The van der Waals surface area contributed by atoms with E-state index in [1.54, 1.807) is 6.92 Å². The standard InChI is InChI=1S/C12H15Br2NO2/c1-7(15-8(2)12(16)17-3)10-5-4-9(13)6-11(10)14/h4-8,15H,1-3H3/t7?,8-/m0/s1. The van der Waals surface area contributed by atoms with Crippen LogP contribution in [-0.4, -0.2) is 19.1 Å².